The molecule has 15 heavy (non-hydrogen) atoms. The molecule has 1 aliphatic carbocycles. The van der Waals surface area contributed by atoms with E-state index in [0.717, 1.165) is 0 Å². The molecule has 0 saturated carbocycles. The monoisotopic (exact) mass is 196 g/mol. The molecule has 0 nitrogen and oxygen atoms in total. The standard InChI is InChI=1S/C15H16/c1-12-8-10-15(11-9-12)13(2)14-6-4-3-5-7-14/h3-12H,1-2H3. The van der Waals surface area contributed by atoms with Crippen LogP contribution in [0.15, 0.2) is 60.2 Å². The predicted octanol–water partition coefficient (Wildman–Crippen LogP) is 4.22. The Balaban J connectivity index is 2.35. The molecule has 0 saturated heterocycles. The molecule has 0 radical (unpaired) electrons. The van der Waals surface area contributed by atoms with Crippen molar-refractivity contribution in [1.29, 1.82) is 0 Å². The van der Waals surface area contributed by atoms with Crippen molar-refractivity contribution < 1.29 is 0 Å². The lowest BCUT2D eigenvalue weighted by molar-refractivity contribution is 0.929. The molecule has 0 heterocycles. The second kappa shape index (κ2) is 4.31. The van der Waals surface area contributed by atoms with Gasteiger partial charge in [0, 0.05) is 0 Å². The Morgan fingerprint density at radius 3 is 2.20 bits per heavy atom. The van der Waals surface area contributed by atoms with Crippen LogP contribution in [0.2, 0.25) is 0 Å². The smallest absolute Gasteiger partial charge is 0.00752 e. The Hall–Kier alpha value is -1.56. The van der Waals surface area contributed by atoms with Crippen molar-refractivity contribution in [3.8, 4) is 0 Å². The van der Waals surface area contributed by atoms with Crippen LogP contribution in [0.25, 0.3) is 5.57 Å². The summed E-state index contributed by atoms with van der Waals surface area (Å²) in [4.78, 5) is 0. The molecular weight excluding hydrogens is 180 g/mol. The van der Waals surface area contributed by atoms with Crippen molar-refractivity contribution in [2.75, 3.05) is 0 Å². The molecule has 1 aliphatic rings. The van der Waals surface area contributed by atoms with E-state index >= 15 is 0 Å². The van der Waals surface area contributed by atoms with Gasteiger partial charge in [0.25, 0.3) is 0 Å². The fourth-order valence-electron chi connectivity index (χ4n) is 1.74. The Morgan fingerprint density at radius 1 is 1.00 bits per heavy atom. The summed E-state index contributed by atoms with van der Waals surface area (Å²) in [7, 11) is 0. The molecule has 0 atom stereocenters. The largest absolute Gasteiger partial charge is 0.0773 e. The van der Waals surface area contributed by atoms with Crippen LogP contribution < -0.4 is 0 Å². The third kappa shape index (κ3) is 2.27. The summed E-state index contributed by atoms with van der Waals surface area (Å²) in [6.45, 7) is 4.37. The highest BCUT2D eigenvalue weighted by Crippen LogP contribution is 2.23. The first-order valence-electron chi connectivity index (χ1n) is 5.40. The fraction of sp³-hybridized carbons (Fsp3) is 0.200. The molecule has 0 heteroatoms. The zero-order valence-electron chi connectivity index (χ0n) is 9.27. The van der Waals surface area contributed by atoms with E-state index in [-0.39, 0.29) is 0 Å². The number of rotatable bonds is 1. The van der Waals surface area contributed by atoms with Gasteiger partial charge in [0.15, 0.2) is 0 Å². The van der Waals surface area contributed by atoms with E-state index in [1.54, 1.807) is 0 Å². The zero-order valence-corrected chi connectivity index (χ0v) is 9.27. The number of hydrogen-bond acceptors (Lipinski definition) is 0. The van der Waals surface area contributed by atoms with Crippen LogP contribution in [0.1, 0.15) is 19.4 Å². The minimum Gasteiger partial charge on any atom is -0.0773 e. The van der Waals surface area contributed by atoms with Crippen LogP contribution >= 0.6 is 0 Å². The average molecular weight is 196 g/mol. The topological polar surface area (TPSA) is 0 Å². The summed E-state index contributed by atoms with van der Waals surface area (Å²) in [6.07, 6.45) is 8.91. The molecule has 0 amide bonds. The van der Waals surface area contributed by atoms with E-state index in [1.165, 1.54) is 16.7 Å². The van der Waals surface area contributed by atoms with Crippen molar-refractivity contribution in [3.05, 3.63) is 65.8 Å². The van der Waals surface area contributed by atoms with Crippen LogP contribution in [0.5, 0.6) is 0 Å². The summed E-state index contributed by atoms with van der Waals surface area (Å²) in [6, 6.07) is 10.5. The SMILES string of the molecule is CC(=C1C=CC(C)C=C1)c1ccccc1. The van der Waals surface area contributed by atoms with Crippen molar-refractivity contribution >= 4 is 5.57 Å². The minimum atomic E-state index is 0.567. The van der Waals surface area contributed by atoms with Crippen LogP contribution in [0.3, 0.4) is 0 Å². The molecule has 0 bridgehead atoms. The first-order valence-corrected chi connectivity index (χ1v) is 5.40. The number of hydrogen-bond donors (Lipinski definition) is 0. The lowest BCUT2D eigenvalue weighted by Gasteiger charge is -2.10. The molecule has 0 aromatic heterocycles. The third-order valence-corrected chi connectivity index (χ3v) is 2.80. The Labute approximate surface area is 91.6 Å². The summed E-state index contributed by atoms with van der Waals surface area (Å²) in [5.41, 5.74) is 3.96. The summed E-state index contributed by atoms with van der Waals surface area (Å²) >= 11 is 0. The van der Waals surface area contributed by atoms with Crippen molar-refractivity contribution in [3.63, 3.8) is 0 Å². The van der Waals surface area contributed by atoms with Crippen LogP contribution in [-0.4, -0.2) is 0 Å². The normalized spacial score (nSPS) is 19.3. The summed E-state index contributed by atoms with van der Waals surface area (Å²) < 4.78 is 0. The fourth-order valence-corrected chi connectivity index (χ4v) is 1.74. The van der Waals surface area contributed by atoms with E-state index in [1.807, 2.05) is 0 Å². The molecule has 0 spiro atoms. The highest BCUT2D eigenvalue weighted by Gasteiger charge is 2.03. The molecule has 0 N–H and O–H groups in total. The van der Waals surface area contributed by atoms with E-state index in [9.17, 15) is 0 Å². The third-order valence-electron chi connectivity index (χ3n) is 2.80. The highest BCUT2D eigenvalue weighted by molar-refractivity contribution is 5.72. The summed E-state index contributed by atoms with van der Waals surface area (Å²) in [5, 5.41) is 0. The predicted molar refractivity (Wildman–Crippen MR) is 66.5 cm³/mol. The number of benzene rings is 1. The number of allylic oxidation sites excluding steroid dienone is 6. The lowest BCUT2D eigenvalue weighted by Crippen LogP contribution is -1.92. The van der Waals surface area contributed by atoms with Crippen molar-refractivity contribution in [2.45, 2.75) is 13.8 Å². The van der Waals surface area contributed by atoms with E-state index in [0.29, 0.717) is 5.92 Å². The van der Waals surface area contributed by atoms with Gasteiger partial charge in [-0.25, -0.2) is 0 Å². The maximum atomic E-state index is 2.24. The van der Waals surface area contributed by atoms with E-state index in [2.05, 4.69) is 68.5 Å². The summed E-state index contributed by atoms with van der Waals surface area (Å²) in [5.74, 6) is 0.567. The highest BCUT2D eigenvalue weighted by atomic mass is 14.1. The Bertz CT molecular complexity index is 403. The first-order chi connectivity index (χ1) is 7.27. The molecular formula is C15H16. The molecule has 0 unspecified atom stereocenters. The molecule has 0 aliphatic heterocycles. The molecule has 1 aromatic carbocycles. The zero-order chi connectivity index (χ0) is 10.7. The van der Waals surface area contributed by atoms with Gasteiger partial charge >= 0.3 is 0 Å². The van der Waals surface area contributed by atoms with Gasteiger partial charge in [-0.3, -0.25) is 0 Å². The van der Waals surface area contributed by atoms with Gasteiger partial charge in [0.05, 0.1) is 0 Å². The minimum absolute atomic E-state index is 0.567. The Kier molecular flexibility index (Phi) is 2.86. The maximum Gasteiger partial charge on any atom is -0.00752 e. The van der Waals surface area contributed by atoms with Gasteiger partial charge in [-0.1, -0.05) is 61.6 Å². The van der Waals surface area contributed by atoms with Crippen molar-refractivity contribution in [1.82, 2.24) is 0 Å². The van der Waals surface area contributed by atoms with Gasteiger partial charge in [-0.05, 0) is 29.6 Å². The van der Waals surface area contributed by atoms with Gasteiger partial charge < -0.3 is 0 Å². The molecule has 1 aromatic rings. The lowest BCUT2D eigenvalue weighted by atomic mass is 9.95. The second-order valence-electron chi connectivity index (χ2n) is 4.02. The Morgan fingerprint density at radius 2 is 1.60 bits per heavy atom. The first kappa shape index (κ1) is 9.97. The van der Waals surface area contributed by atoms with Gasteiger partial charge in [-0.15, -0.1) is 0 Å². The second-order valence-corrected chi connectivity index (χ2v) is 4.02. The van der Waals surface area contributed by atoms with E-state index < -0.39 is 0 Å². The molecule has 2 rings (SSSR count). The molecule has 0 fully saturated rings. The van der Waals surface area contributed by atoms with Crippen LogP contribution in [0.4, 0.5) is 0 Å². The molecule has 76 valence electrons. The maximum absolute atomic E-state index is 2.24. The van der Waals surface area contributed by atoms with Crippen molar-refractivity contribution in [2.24, 2.45) is 5.92 Å². The van der Waals surface area contributed by atoms with Gasteiger partial charge in [-0.2, -0.15) is 0 Å². The van der Waals surface area contributed by atoms with Crippen LogP contribution in [-0.2, 0) is 0 Å². The quantitative estimate of drug-likeness (QED) is 0.630. The van der Waals surface area contributed by atoms with Crippen LogP contribution in [0, 0.1) is 5.92 Å². The van der Waals surface area contributed by atoms with E-state index in [4.69, 9.17) is 0 Å². The van der Waals surface area contributed by atoms with Gasteiger partial charge in [0.2, 0.25) is 0 Å². The van der Waals surface area contributed by atoms with Gasteiger partial charge in [0.1, 0.15) is 0 Å². The average Bonchev–Trinajstić information content (AvgIpc) is 2.30.